The zero-order chi connectivity index (χ0) is 13.8. The van der Waals surface area contributed by atoms with Gasteiger partial charge in [-0.05, 0) is 24.3 Å². The van der Waals surface area contributed by atoms with Crippen LogP contribution in [-0.2, 0) is 11.2 Å². The van der Waals surface area contributed by atoms with Crippen molar-refractivity contribution < 1.29 is 18.0 Å². The summed E-state index contributed by atoms with van der Waals surface area (Å²) in [5, 5.41) is 2.22. The minimum Gasteiger partial charge on any atom is -0.469 e. The minimum absolute atomic E-state index is 0.0858. The highest BCUT2D eigenvalue weighted by atomic mass is 79.9. The lowest BCUT2D eigenvalue weighted by molar-refractivity contribution is -0.116. The molecule has 0 bridgehead atoms. The van der Waals surface area contributed by atoms with Gasteiger partial charge in [0.1, 0.15) is 11.4 Å². The Morgan fingerprint density at radius 3 is 2.58 bits per heavy atom. The van der Waals surface area contributed by atoms with Crippen LogP contribution in [-0.4, -0.2) is 5.91 Å². The lowest BCUT2D eigenvalue weighted by Crippen LogP contribution is -2.14. The van der Waals surface area contributed by atoms with Crippen LogP contribution >= 0.6 is 15.9 Å². The maximum Gasteiger partial charge on any atom is 0.224 e. The van der Waals surface area contributed by atoms with Crippen molar-refractivity contribution in [2.24, 2.45) is 0 Å². The van der Waals surface area contributed by atoms with Crippen molar-refractivity contribution in [3.8, 4) is 0 Å². The Bertz CT molecular complexity index is 561. The van der Waals surface area contributed by atoms with Crippen LogP contribution in [0.3, 0.4) is 0 Å². The van der Waals surface area contributed by atoms with Crippen molar-refractivity contribution in [3.63, 3.8) is 0 Å². The van der Waals surface area contributed by atoms with Crippen LogP contribution in [0.25, 0.3) is 0 Å². The van der Waals surface area contributed by atoms with E-state index in [1.165, 1.54) is 6.26 Å². The van der Waals surface area contributed by atoms with E-state index < -0.39 is 23.2 Å². The molecule has 1 aromatic heterocycles. The van der Waals surface area contributed by atoms with Crippen molar-refractivity contribution >= 4 is 27.5 Å². The number of carbonyl (C=O) groups is 1. The van der Waals surface area contributed by atoms with Gasteiger partial charge < -0.3 is 9.73 Å². The summed E-state index contributed by atoms with van der Waals surface area (Å²) < 4.78 is 32.3. The Morgan fingerprint density at radius 2 is 2.00 bits per heavy atom. The van der Waals surface area contributed by atoms with Gasteiger partial charge in [-0.25, -0.2) is 8.78 Å². The normalized spacial score (nSPS) is 10.5. The first-order valence-corrected chi connectivity index (χ1v) is 6.32. The molecule has 1 aromatic carbocycles. The molecule has 3 nitrogen and oxygen atoms in total. The van der Waals surface area contributed by atoms with Crippen LogP contribution in [0.5, 0.6) is 0 Å². The molecule has 100 valence electrons. The summed E-state index contributed by atoms with van der Waals surface area (Å²) in [6, 6.07) is 5.62. The van der Waals surface area contributed by atoms with Crippen molar-refractivity contribution in [1.82, 2.24) is 0 Å². The second-order valence-corrected chi connectivity index (χ2v) is 4.79. The van der Waals surface area contributed by atoms with E-state index in [2.05, 4.69) is 21.2 Å². The summed E-state index contributed by atoms with van der Waals surface area (Å²) in [6.07, 6.45) is 1.96. The smallest absolute Gasteiger partial charge is 0.224 e. The topological polar surface area (TPSA) is 42.2 Å². The predicted octanol–water partition coefficient (Wildman–Crippen LogP) is 3.89. The van der Waals surface area contributed by atoms with Crippen LogP contribution < -0.4 is 5.32 Å². The third kappa shape index (κ3) is 3.64. The lowest BCUT2D eigenvalue weighted by atomic mass is 10.2. The first-order valence-electron chi connectivity index (χ1n) is 5.53. The summed E-state index contributed by atoms with van der Waals surface area (Å²) in [7, 11) is 0. The number of hydrogen-bond acceptors (Lipinski definition) is 2. The Hall–Kier alpha value is -1.69. The van der Waals surface area contributed by atoms with Crippen LogP contribution in [0.15, 0.2) is 39.4 Å². The molecule has 6 heteroatoms. The average Bonchev–Trinajstić information content (AvgIpc) is 2.84. The van der Waals surface area contributed by atoms with Gasteiger partial charge in [0, 0.05) is 17.3 Å². The van der Waals surface area contributed by atoms with Crippen LogP contribution in [0.2, 0.25) is 0 Å². The molecule has 0 unspecified atom stereocenters. The van der Waals surface area contributed by atoms with Gasteiger partial charge >= 0.3 is 0 Å². The van der Waals surface area contributed by atoms with Gasteiger partial charge in [0.25, 0.3) is 0 Å². The van der Waals surface area contributed by atoms with E-state index in [1.807, 2.05) is 0 Å². The summed E-state index contributed by atoms with van der Waals surface area (Å²) in [6.45, 7) is 0. The molecular weight excluding hydrogens is 320 g/mol. The Labute approximate surface area is 116 Å². The molecule has 1 N–H and O–H groups in total. The van der Waals surface area contributed by atoms with E-state index in [4.69, 9.17) is 4.42 Å². The Kier molecular flexibility index (Phi) is 4.31. The molecule has 1 heterocycles. The van der Waals surface area contributed by atoms with E-state index in [0.29, 0.717) is 12.2 Å². The molecule has 2 rings (SSSR count). The van der Waals surface area contributed by atoms with E-state index in [0.717, 1.165) is 12.1 Å². The van der Waals surface area contributed by atoms with Crippen molar-refractivity contribution in [2.75, 3.05) is 5.32 Å². The molecule has 0 aliphatic heterocycles. The molecule has 0 radical (unpaired) electrons. The Balaban J connectivity index is 1.99. The number of rotatable bonds is 4. The lowest BCUT2D eigenvalue weighted by Gasteiger charge is -2.07. The fourth-order valence-electron chi connectivity index (χ4n) is 1.56. The number of amides is 1. The molecule has 0 aliphatic rings. The molecule has 0 saturated carbocycles. The number of hydrogen-bond donors (Lipinski definition) is 1. The predicted molar refractivity (Wildman–Crippen MR) is 69.7 cm³/mol. The summed E-state index contributed by atoms with van der Waals surface area (Å²) in [5.74, 6) is -1.47. The molecule has 0 fully saturated rings. The average molecular weight is 330 g/mol. The number of carbonyl (C=O) groups excluding carboxylic acids is 1. The van der Waals surface area contributed by atoms with E-state index in [1.54, 1.807) is 12.1 Å². The largest absolute Gasteiger partial charge is 0.469 e. The van der Waals surface area contributed by atoms with Gasteiger partial charge in [-0.15, -0.1) is 0 Å². The fourth-order valence-corrected chi connectivity index (χ4v) is 1.96. The highest BCUT2D eigenvalue weighted by molar-refractivity contribution is 9.10. The summed E-state index contributed by atoms with van der Waals surface area (Å²) in [5.41, 5.74) is -0.437. The SMILES string of the molecule is O=C(CCc1ccco1)Nc1c(F)cc(Br)cc1F. The van der Waals surface area contributed by atoms with Crippen LogP contribution in [0.1, 0.15) is 12.2 Å². The second kappa shape index (κ2) is 5.97. The molecular formula is C13H10BrF2NO2. The molecule has 2 aromatic rings. The molecule has 0 saturated heterocycles. The number of aryl methyl sites for hydroxylation is 1. The van der Waals surface area contributed by atoms with E-state index >= 15 is 0 Å². The minimum atomic E-state index is -0.821. The summed E-state index contributed by atoms with van der Waals surface area (Å²) >= 11 is 2.97. The molecule has 0 spiro atoms. The van der Waals surface area contributed by atoms with Crippen molar-refractivity contribution in [3.05, 3.63) is 52.4 Å². The van der Waals surface area contributed by atoms with E-state index in [-0.39, 0.29) is 10.9 Å². The van der Waals surface area contributed by atoms with Crippen LogP contribution in [0.4, 0.5) is 14.5 Å². The molecule has 19 heavy (non-hydrogen) atoms. The zero-order valence-electron chi connectivity index (χ0n) is 9.75. The zero-order valence-corrected chi connectivity index (χ0v) is 11.3. The number of furan rings is 1. The second-order valence-electron chi connectivity index (χ2n) is 3.87. The van der Waals surface area contributed by atoms with Crippen LogP contribution in [0, 0.1) is 11.6 Å². The van der Waals surface area contributed by atoms with Gasteiger partial charge in [0.2, 0.25) is 5.91 Å². The number of anilines is 1. The monoisotopic (exact) mass is 329 g/mol. The summed E-state index contributed by atoms with van der Waals surface area (Å²) in [4.78, 5) is 11.6. The molecule has 0 aliphatic carbocycles. The van der Waals surface area contributed by atoms with Gasteiger partial charge in [0.15, 0.2) is 11.6 Å². The number of benzene rings is 1. The molecule has 1 amide bonds. The maximum absolute atomic E-state index is 13.5. The van der Waals surface area contributed by atoms with Gasteiger partial charge in [-0.2, -0.15) is 0 Å². The van der Waals surface area contributed by atoms with Crippen molar-refractivity contribution in [2.45, 2.75) is 12.8 Å². The number of halogens is 3. The Morgan fingerprint density at radius 1 is 1.32 bits per heavy atom. The third-order valence-electron chi connectivity index (χ3n) is 2.45. The first-order chi connectivity index (χ1) is 9.06. The van der Waals surface area contributed by atoms with Gasteiger partial charge in [0.05, 0.1) is 6.26 Å². The third-order valence-corrected chi connectivity index (χ3v) is 2.91. The number of nitrogens with one attached hydrogen (secondary N) is 1. The standard InChI is InChI=1S/C13H10BrF2NO2/c14-8-6-10(15)13(11(16)7-8)17-12(18)4-3-9-2-1-5-19-9/h1-2,5-7H,3-4H2,(H,17,18). The molecule has 0 atom stereocenters. The highest BCUT2D eigenvalue weighted by Crippen LogP contribution is 2.23. The maximum atomic E-state index is 13.5. The van der Waals surface area contributed by atoms with Gasteiger partial charge in [-0.3, -0.25) is 4.79 Å². The highest BCUT2D eigenvalue weighted by Gasteiger charge is 2.13. The van der Waals surface area contributed by atoms with Gasteiger partial charge in [-0.1, -0.05) is 15.9 Å². The quantitative estimate of drug-likeness (QED) is 0.924. The first kappa shape index (κ1) is 13.7. The van der Waals surface area contributed by atoms with E-state index in [9.17, 15) is 13.6 Å². The van der Waals surface area contributed by atoms with Crippen molar-refractivity contribution in [1.29, 1.82) is 0 Å². The fraction of sp³-hybridized carbons (Fsp3) is 0.154.